The second-order valence-electron chi connectivity index (χ2n) is 3.30. The zero-order valence-corrected chi connectivity index (χ0v) is 8.58. The van der Waals surface area contributed by atoms with Gasteiger partial charge in [-0.05, 0) is 19.8 Å². The van der Waals surface area contributed by atoms with E-state index in [2.05, 4.69) is 22.3 Å². The van der Waals surface area contributed by atoms with E-state index in [4.69, 9.17) is 9.94 Å². The molecule has 2 N–H and O–H groups in total. The summed E-state index contributed by atoms with van der Waals surface area (Å²) in [5.41, 5.74) is 0.681. The largest absolute Gasteiger partial charge is 0.395 e. The Bertz CT molecular complexity index is 265. The maximum atomic E-state index is 8.87. The van der Waals surface area contributed by atoms with Gasteiger partial charge in [0.05, 0.1) is 6.61 Å². The van der Waals surface area contributed by atoms with Crippen molar-refractivity contribution in [1.82, 2.24) is 5.32 Å². The zero-order chi connectivity index (χ0) is 10.4. The van der Waals surface area contributed by atoms with Gasteiger partial charge in [0, 0.05) is 19.0 Å². The highest BCUT2D eigenvalue weighted by Crippen LogP contribution is 2.09. The minimum absolute atomic E-state index is 0.0563. The maximum absolute atomic E-state index is 8.87. The van der Waals surface area contributed by atoms with E-state index in [9.17, 15) is 0 Å². The van der Waals surface area contributed by atoms with Gasteiger partial charge >= 0.3 is 0 Å². The Morgan fingerprint density at radius 3 is 3.07 bits per heavy atom. The van der Waals surface area contributed by atoms with Crippen LogP contribution in [0.5, 0.6) is 0 Å². The van der Waals surface area contributed by atoms with Gasteiger partial charge in [-0.3, -0.25) is 0 Å². The van der Waals surface area contributed by atoms with Crippen molar-refractivity contribution in [1.29, 1.82) is 0 Å². The number of oxime groups is 1. The molecule has 78 valence electrons. The highest BCUT2D eigenvalue weighted by molar-refractivity contribution is 5.97. The number of rotatable bonds is 3. The van der Waals surface area contributed by atoms with Gasteiger partial charge in [-0.25, -0.2) is 0 Å². The molecule has 1 heterocycles. The summed E-state index contributed by atoms with van der Waals surface area (Å²) in [4.78, 5) is 5.26. The first-order chi connectivity index (χ1) is 6.76. The molecule has 0 aromatic carbocycles. The molecule has 0 spiro atoms. The highest BCUT2D eigenvalue weighted by atomic mass is 16.6. The van der Waals surface area contributed by atoms with Crippen molar-refractivity contribution >= 4 is 5.71 Å². The molecule has 0 aliphatic carbocycles. The second-order valence-corrected chi connectivity index (χ2v) is 3.30. The van der Waals surface area contributed by atoms with E-state index in [0.717, 1.165) is 13.0 Å². The predicted molar refractivity (Wildman–Crippen MR) is 54.9 cm³/mol. The van der Waals surface area contributed by atoms with E-state index < -0.39 is 0 Å². The molecule has 1 fully saturated rings. The highest BCUT2D eigenvalue weighted by Gasteiger charge is 2.24. The van der Waals surface area contributed by atoms with E-state index in [0.29, 0.717) is 5.71 Å². The number of hydrogen-bond donors (Lipinski definition) is 2. The lowest BCUT2D eigenvalue weighted by molar-refractivity contribution is 0.0703. The monoisotopic (exact) mass is 196 g/mol. The topological polar surface area (TPSA) is 53.8 Å². The normalized spacial score (nSPS) is 26.9. The number of aliphatic hydroxyl groups excluding tert-OH is 1. The fraction of sp³-hybridized carbons (Fsp3) is 0.700. The van der Waals surface area contributed by atoms with Crippen molar-refractivity contribution in [2.45, 2.75) is 32.4 Å². The zero-order valence-electron chi connectivity index (χ0n) is 8.58. The van der Waals surface area contributed by atoms with Crippen LogP contribution in [0.3, 0.4) is 0 Å². The van der Waals surface area contributed by atoms with Crippen LogP contribution in [0.1, 0.15) is 20.3 Å². The van der Waals surface area contributed by atoms with Crippen LogP contribution in [-0.2, 0) is 4.84 Å². The van der Waals surface area contributed by atoms with Crippen molar-refractivity contribution in [2.75, 3.05) is 13.2 Å². The molecule has 1 rings (SSSR count). The quantitative estimate of drug-likeness (QED) is 0.383. The lowest BCUT2D eigenvalue weighted by Gasteiger charge is -2.06. The van der Waals surface area contributed by atoms with E-state index in [1.807, 2.05) is 6.92 Å². The van der Waals surface area contributed by atoms with Gasteiger partial charge < -0.3 is 15.3 Å². The van der Waals surface area contributed by atoms with Gasteiger partial charge in [-0.1, -0.05) is 11.1 Å². The summed E-state index contributed by atoms with van der Waals surface area (Å²) in [7, 11) is 0. The Labute approximate surface area is 84.3 Å². The molecule has 1 saturated heterocycles. The molecular formula is C10H16N2O2. The summed E-state index contributed by atoms with van der Waals surface area (Å²) >= 11 is 0. The van der Waals surface area contributed by atoms with Gasteiger partial charge in [0.15, 0.2) is 0 Å². The molecule has 0 aromatic rings. The van der Waals surface area contributed by atoms with Crippen LogP contribution in [0, 0.1) is 11.8 Å². The Kier molecular flexibility index (Phi) is 4.44. The van der Waals surface area contributed by atoms with Crippen LogP contribution in [-0.4, -0.2) is 36.1 Å². The molecule has 0 unspecified atom stereocenters. The van der Waals surface area contributed by atoms with Crippen molar-refractivity contribution in [2.24, 2.45) is 5.16 Å². The molecule has 1 aliphatic rings. The molecule has 14 heavy (non-hydrogen) atoms. The molecule has 0 bridgehead atoms. The Morgan fingerprint density at radius 1 is 1.71 bits per heavy atom. The summed E-state index contributed by atoms with van der Waals surface area (Å²) in [5.74, 6) is 5.55. The van der Waals surface area contributed by atoms with Crippen molar-refractivity contribution in [3.05, 3.63) is 0 Å². The number of aliphatic hydroxyl groups is 1. The summed E-state index contributed by atoms with van der Waals surface area (Å²) in [6.07, 6.45) is 0.855. The van der Waals surface area contributed by atoms with Crippen LogP contribution < -0.4 is 5.32 Å². The average molecular weight is 196 g/mol. The predicted octanol–water partition coefficient (Wildman–Crippen LogP) is 0.125. The minimum atomic E-state index is 0.0563. The van der Waals surface area contributed by atoms with Gasteiger partial charge in [-0.2, -0.15) is 0 Å². The van der Waals surface area contributed by atoms with Crippen LogP contribution in [0.25, 0.3) is 0 Å². The number of nitrogens with one attached hydrogen (secondary N) is 1. The van der Waals surface area contributed by atoms with Gasteiger partial charge in [0.1, 0.15) is 11.8 Å². The van der Waals surface area contributed by atoms with Crippen molar-refractivity contribution in [3.8, 4) is 11.8 Å². The standard InChI is InChI=1S/C10H16N2O2/c1-3-4-8(2)12-14-10-5-9(7-13)11-6-10/h9-11,13H,5-7H2,1-2H3/b12-8-/t9-,10+/m0/s1. The summed E-state index contributed by atoms with van der Waals surface area (Å²) in [6, 6.07) is 0.146. The van der Waals surface area contributed by atoms with E-state index in [-0.39, 0.29) is 18.8 Å². The van der Waals surface area contributed by atoms with Crippen molar-refractivity contribution < 1.29 is 9.94 Å². The summed E-state index contributed by atoms with van der Waals surface area (Å²) in [5, 5.41) is 15.9. The molecule has 0 radical (unpaired) electrons. The lowest BCUT2D eigenvalue weighted by Crippen LogP contribution is -2.24. The molecule has 1 aliphatic heterocycles. The Hall–Kier alpha value is -1.05. The fourth-order valence-corrected chi connectivity index (χ4v) is 1.36. The lowest BCUT2D eigenvalue weighted by atomic mass is 10.2. The third kappa shape index (κ3) is 3.36. The molecule has 4 heteroatoms. The summed E-state index contributed by atoms with van der Waals surface area (Å²) < 4.78 is 0. The molecule has 0 aromatic heterocycles. The van der Waals surface area contributed by atoms with Gasteiger partial charge in [0.2, 0.25) is 0 Å². The molecule has 2 atom stereocenters. The van der Waals surface area contributed by atoms with Crippen molar-refractivity contribution in [3.63, 3.8) is 0 Å². The second kappa shape index (κ2) is 5.63. The average Bonchev–Trinajstić information content (AvgIpc) is 2.63. The van der Waals surface area contributed by atoms with Crippen LogP contribution in [0.2, 0.25) is 0 Å². The third-order valence-corrected chi connectivity index (χ3v) is 2.05. The molecular weight excluding hydrogens is 180 g/mol. The first-order valence-electron chi connectivity index (χ1n) is 4.73. The smallest absolute Gasteiger partial charge is 0.141 e. The Morgan fingerprint density at radius 2 is 2.50 bits per heavy atom. The minimum Gasteiger partial charge on any atom is -0.395 e. The molecule has 0 amide bonds. The summed E-state index contributed by atoms with van der Waals surface area (Å²) in [6.45, 7) is 4.46. The van der Waals surface area contributed by atoms with Gasteiger partial charge in [-0.15, -0.1) is 0 Å². The maximum Gasteiger partial charge on any atom is 0.141 e. The molecule has 0 saturated carbocycles. The third-order valence-electron chi connectivity index (χ3n) is 2.05. The Balaban J connectivity index is 2.31. The van der Waals surface area contributed by atoms with E-state index in [1.165, 1.54) is 0 Å². The first-order valence-corrected chi connectivity index (χ1v) is 4.73. The van der Waals surface area contributed by atoms with Crippen LogP contribution in [0.4, 0.5) is 0 Å². The van der Waals surface area contributed by atoms with Crippen LogP contribution >= 0.6 is 0 Å². The number of hydrogen-bond acceptors (Lipinski definition) is 4. The fourth-order valence-electron chi connectivity index (χ4n) is 1.36. The van der Waals surface area contributed by atoms with Gasteiger partial charge in [0.25, 0.3) is 0 Å². The molecule has 4 nitrogen and oxygen atoms in total. The SMILES string of the molecule is CC#C/C(C)=N\O[C@H]1CN[C@H](CO)C1. The van der Waals surface area contributed by atoms with Crippen LogP contribution in [0.15, 0.2) is 5.16 Å². The van der Waals surface area contributed by atoms with E-state index in [1.54, 1.807) is 6.92 Å². The number of nitrogens with zero attached hydrogens (tertiary/aromatic N) is 1. The first kappa shape index (κ1) is 11.0. The van der Waals surface area contributed by atoms with E-state index >= 15 is 0 Å².